The number of amides is 1. The first-order chi connectivity index (χ1) is 17.2. The Morgan fingerprint density at radius 2 is 1.46 bits per heavy atom. The van der Waals surface area contributed by atoms with Gasteiger partial charge in [0.05, 0.1) is 6.04 Å². The monoisotopic (exact) mass is 578 g/mol. The molecule has 1 aliphatic heterocycles. The quantitative estimate of drug-likeness (QED) is 0.282. The molecule has 4 aromatic rings. The molecule has 0 unspecified atom stereocenters. The van der Waals surface area contributed by atoms with Crippen molar-refractivity contribution in [2.45, 2.75) is 18.9 Å². The number of aryl methyl sites for hydroxylation is 1. The summed E-state index contributed by atoms with van der Waals surface area (Å²) in [5.41, 5.74) is 3.46. The molecule has 0 saturated carbocycles. The van der Waals surface area contributed by atoms with Crippen molar-refractivity contribution < 1.29 is 9.32 Å². The van der Waals surface area contributed by atoms with Gasteiger partial charge in [0.1, 0.15) is 0 Å². The summed E-state index contributed by atoms with van der Waals surface area (Å²) in [5, 5.41) is 4.07. The number of nitrogens with zero attached hydrogens (tertiary/aromatic N) is 4. The van der Waals surface area contributed by atoms with Crippen LogP contribution < -0.4 is 0 Å². The fourth-order valence-corrected chi connectivity index (χ4v) is 4.92. The zero-order valence-corrected chi connectivity index (χ0v) is 21.5. The van der Waals surface area contributed by atoms with Gasteiger partial charge in [-0.3, -0.25) is 9.69 Å². The number of carbonyl (C=O) groups excluding carboxylic acids is 1. The highest BCUT2D eigenvalue weighted by Gasteiger charge is 2.28. The van der Waals surface area contributed by atoms with E-state index in [0.29, 0.717) is 37.6 Å². The van der Waals surface area contributed by atoms with Crippen LogP contribution in [0.15, 0.2) is 89.5 Å². The standard InChI is InChI=1S/C28H27IN4O2/c29-24-13-11-23(12-14-24)28-30-25(35-31-28)15-16-26(34)32-17-19-33(20-18-32)27(21-7-3-1-4-8-21)22-9-5-2-6-10-22/h1-14,27H,15-20H2. The minimum absolute atomic E-state index is 0.134. The lowest BCUT2D eigenvalue weighted by atomic mass is 9.96. The summed E-state index contributed by atoms with van der Waals surface area (Å²) in [6.45, 7) is 3.09. The summed E-state index contributed by atoms with van der Waals surface area (Å²) in [5.74, 6) is 1.19. The average Bonchev–Trinajstić information content (AvgIpc) is 3.39. The lowest BCUT2D eigenvalue weighted by Crippen LogP contribution is -2.49. The van der Waals surface area contributed by atoms with Crippen molar-refractivity contribution in [2.75, 3.05) is 26.2 Å². The largest absolute Gasteiger partial charge is 0.340 e. The first-order valence-electron chi connectivity index (χ1n) is 11.9. The summed E-state index contributed by atoms with van der Waals surface area (Å²) in [7, 11) is 0. The molecule has 1 fully saturated rings. The van der Waals surface area contributed by atoms with Gasteiger partial charge in [0.2, 0.25) is 17.6 Å². The van der Waals surface area contributed by atoms with E-state index >= 15 is 0 Å². The molecular formula is C28H27IN4O2. The SMILES string of the molecule is O=C(CCc1nc(-c2ccc(I)cc2)no1)N1CCN(C(c2ccccc2)c2ccccc2)CC1. The first-order valence-corrected chi connectivity index (χ1v) is 13.0. The van der Waals surface area contributed by atoms with Crippen LogP contribution in [0.25, 0.3) is 11.4 Å². The fraction of sp³-hybridized carbons (Fsp3) is 0.250. The van der Waals surface area contributed by atoms with Crippen LogP contribution in [0.5, 0.6) is 0 Å². The molecule has 6 nitrogen and oxygen atoms in total. The number of benzene rings is 3. The van der Waals surface area contributed by atoms with Crippen molar-refractivity contribution in [1.29, 1.82) is 0 Å². The Hall–Kier alpha value is -3.04. The van der Waals surface area contributed by atoms with E-state index < -0.39 is 0 Å². The Balaban J connectivity index is 1.18. The number of piperazine rings is 1. The molecule has 1 saturated heterocycles. The molecule has 178 valence electrons. The summed E-state index contributed by atoms with van der Waals surface area (Å²) in [4.78, 5) is 21.8. The van der Waals surface area contributed by atoms with Crippen molar-refractivity contribution in [1.82, 2.24) is 19.9 Å². The van der Waals surface area contributed by atoms with E-state index in [1.807, 2.05) is 29.2 Å². The van der Waals surface area contributed by atoms with E-state index in [9.17, 15) is 4.79 Å². The van der Waals surface area contributed by atoms with Crippen molar-refractivity contribution >= 4 is 28.5 Å². The lowest BCUT2D eigenvalue weighted by Gasteiger charge is -2.39. The van der Waals surface area contributed by atoms with Gasteiger partial charge < -0.3 is 9.42 Å². The summed E-state index contributed by atoms with van der Waals surface area (Å²) >= 11 is 2.26. The van der Waals surface area contributed by atoms with E-state index in [4.69, 9.17) is 4.52 Å². The number of halogens is 1. The predicted octanol–water partition coefficient (Wildman–Crippen LogP) is 5.21. The Kier molecular flexibility index (Phi) is 7.54. The highest BCUT2D eigenvalue weighted by Crippen LogP contribution is 2.29. The van der Waals surface area contributed by atoms with Gasteiger partial charge in [0, 0.05) is 48.2 Å². The minimum Gasteiger partial charge on any atom is -0.340 e. The van der Waals surface area contributed by atoms with Gasteiger partial charge in [-0.2, -0.15) is 4.98 Å². The Bertz CT molecular complexity index is 1200. The molecule has 0 aliphatic carbocycles. The van der Waals surface area contributed by atoms with Crippen LogP contribution in [0.2, 0.25) is 0 Å². The van der Waals surface area contributed by atoms with Crippen molar-refractivity contribution in [3.05, 3.63) is 106 Å². The molecule has 2 heterocycles. The minimum atomic E-state index is 0.134. The van der Waals surface area contributed by atoms with Gasteiger partial charge in [0.15, 0.2) is 0 Å². The van der Waals surface area contributed by atoms with Gasteiger partial charge in [0.25, 0.3) is 0 Å². The summed E-state index contributed by atoms with van der Waals surface area (Å²) in [6, 6.07) is 29.3. The zero-order chi connectivity index (χ0) is 24.0. The van der Waals surface area contributed by atoms with Crippen molar-refractivity contribution in [3.63, 3.8) is 0 Å². The highest BCUT2D eigenvalue weighted by molar-refractivity contribution is 14.1. The van der Waals surface area contributed by atoms with E-state index in [1.165, 1.54) is 11.1 Å². The van der Waals surface area contributed by atoms with Crippen LogP contribution >= 0.6 is 22.6 Å². The Morgan fingerprint density at radius 3 is 2.06 bits per heavy atom. The summed E-state index contributed by atoms with van der Waals surface area (Å²) in [6.07, 6.45) is 0.822. The van der Waals surface area contributed by atoms with E-state index in [2.05, 4.69) is 98.3 Å². The topological polar surface area (TPSA) is 62.5 Å². The molecular weight excluding hydrogens is 551 g/mol. The highest BCUT2D eigenvalue weighted by atomic mass is 127. The maximum atomic E-state index is 12.9. The Morgan fingerprint density at radius 1 is 0.857 bits per heavy atom. The van der Waals surface area contributed by atoms with E-state index in [0.717, 1.165) is 22.2 Å². The average molecular weight is 578 g/mol. The molecule has 0 bridgehead atoms. The molecule has 0 atom stereocenters. The number of aromatic nitrogens is 2. The van der Waals surface area contributed by atoms with Crippen LogP contribution in [-0.2, 0) is 11.2 Å². The molecule has 0 radical (unpaired) electrons. The van der Waals surface area contributed by atoms with Gasteiger partial charge in [-0.05, 0) is 45.9 Å². The van der Waals surface area contributed by atoms with Gasteiger partial charge in [-0.15, -0.1) is 0 Å². The maximum absolute atomic E-state index is 12.9. The third-order valence-electron chi connectivity index (χ3n) is 6.39. The van der Waals surface area contributed by atoms with Crippen LogP contribution in [0.3, 0.4) is 0 Å². The summed E-state index contributed by atoms with van der Waals surface area (Å²) < 4.78 is 6.54. The van der Waals surface area contributed by atoms with Crippen LogP contribution in [0.4, 0.5) is 0 Å². The predicted molar refractivity (Wildman–Crippen MR) is 144 cm³/mol. The number of rotatable bonds is 7. The third kappa shape index (κ3) is 5.79. The number of hydrogen-bond donors (Lipinski definition) is 0. The lowest BCUT2D eigenvalue weighted by molar-refractivity contribution is -0.133. The van der Waals surface area contributed by atoms with Crippen LogP contribution in [0, 0.1) is 3.57 Å². The molecule has 1 aromatic heterocycles. The first kappa shape index (κ1) is 23.7. The molecule has 0 spiro atoms. The number of hydrogen-bond acceptors (Lipinski definition) is 5. The fourth-order valence-electron chi connectivity index (χ4n) is 4.56. The second-order valence-corrected chi connectivity index (χ2v) is 9.90. The van der Waals surface area contributed by atoms with E-state index in [1.54, 1.807) is 0 Å². The zero-order valence-electron chi connectivity index (χ0n) is 19.4. The maximum Gasteiger partial charge on any atom is 0.227 e. The van der Waals surface area contributed by atoms with Gasteiger partial charge in [-0.25, -0.2) is 0 Å². The second-order valence-electron chi connectivity index (χ2n) is 8.66. The second kappa shape index (κ2) is 11.1. The molecule has 1 aliphatic rings. The van der Waals surface area contributed by atoms with E-state index in [-0.39, 0.29) is 11.9 Å². The van der Waals surface area contributed by atoms with Crippen LogP contribution in [-0.4, -0.2) is 52.0 Å². The normalized spacial score (nSPS) is 14.4. The smallest absolute Gasteiger partial charge is 0.227 e. The van der Waals surface area contributed by atoms with Gasteiger partial charge >= 0.3 is 0 Å². The van der Waals surface area contributed by atoms with Crippen molar-refractivity contribution in [2.24, 2.45) is 0 Å². The number of carbonyl (C=O) groups is 1. The molecule has 7 heteroatoms. The molecule has 3 aromatic carbocycles. The molecule has 5 rings (SSSR count). The van der Waals surface area contributed by atoms with Crippen molar-refractivity contribution in [3.8, 4) is 11.4 Å². The molecule has 35 heavy (non-hydrogen) atoms. The van der Waals surface area contributed by atoms with Crippen LogP contribution in [0.1, 0.15) is 29.5 Å². The molecule has 0 N–H and O–H groups in total. The molecule has 1 amide bonds. The van der Waals surface area contributed by atoms with Gasteiger partial charge in [-0.1, -0.05) is 78.0 Å². The Labute approximate surface area is 219 Å². The third-order valence-corrected chi connectivity index (χ3v) is 7.11.